The Bertz CT molecular complexity index is 1280. The molecule has 0 unspecified atom stereocenters. The van der Waals surface area contributed by atoms with Gasteiger partial charge in [0.1, 0.15) is 17.6 Å². The van der Waals surface area contributed by atoms with Crippen molar-refractivity contribution in [2.24, 2.45) is 0 Å². The zero-order valence-corrected chi connectivity index (χ0v) is 16.4. The van der Waals surface area contributed by atoms with Crippen LogP contribution < -0.4 is 14.8 Å². The molecule has 30 heavy (non-hydrogen) atoms. The van der Waals surface area contributed by atoms with Crippen molar-refractivity contribution in [3.05, 3.63) is 66.0 Å². The Kier molecular flexibility index (Phi) is 5.15. The van der Waals surface area contributed by atoms with Crippen LogP contribution in [-0.2, 0) is 0 Å². The number of nitrogens with one attached hydrogen (secondary N) is 1. The molecular weight excluding hydrogens is 404 g/mol. The van der Waals surface area contributed by atoms with E-state index >= 15 is 0 Å². The van der Waals surface area contributed by atoms with E-state index in [4.69, 9.17) is 9.47 Å². The SMILES string of the molecule is COc1ccnc(C(=O)Nc2nc3cc(C#N)c(Oc4ccccc4)cc3s2)c1O. The molecule has 2 aromatic heterocycles. The number of nitrogens with zero attached hydrogens (tertiary/aromatic N) is 3. The van der Waals surface area contributed by atoms with Crippen LogP contribution in [-0.4, -0.2) is 28.1 Å². The van der Waals surface area contributed by atoms with E-state index in [1.807, 2.05) is 18.2 Å². The number of carbonyl (C=O) groups is 1. The molecule has 0 saturated heterocycles. The van der Waals surface area contributed by atoms with Gasteiger partial charge in [-0.15, -0.1) is 0 Å². The normalized spacial score (nSPS) is 10.4. The van der Waals surface area contributed by atoms with Crippen LogP contribution in [0.2, 0.25) is 0 Å². The molecule has 0 aliphatic carbocycles. The molecule has 0 saturated carbocycles. The number of ether oxygens (including phenoxy) is 2. The van der Waals surface area contributed by atoms with Gasteiger partial charge in [-0.3, -0.25) is 10.1 Å². The number of anilines is 1. The average molecular weight is 418 g/mol. The monoisotopic (exact) mass is 418 g/mol. The van der Waals surface area contributed by atoms with E-state index in [0.717, 1.165) is 4.70 Å². The number of nitriles is 1. The van der Waals surface area contributed by atoms with Crippen molar-refractivity contribution in [3.63, 3.8) is 0 Å². The van der Waals surface area contributed by atoms with E-state index in [1.54, 1.807) is 24.3 Å². The first-order chi connectivity index (χ1) is 14.6. The van der Waals surface area contributed by atoms with Crippen molar-refractivity contribution < 1.29 is 19.4 Å². The molecule has 0 fully saturated rings. The van der Waals surface area contributed by atoms with Gasteiger partial charge in [0.2, 0.25) is 0 Å². The number of rotatable bonds is 5. The summed E-state index contributed by atoms with van der Waals surface area (Å²) in [5, 5.41) is 22.5. The molecule has 0 bridgehead atoms. The van der Waals surface area contributed by atoms with Crippen LogP contribution >= 0.6 is 11.3 Å². The lowest BCUT2D eigenvalue weighted by Crippen LogP contribution is -2.13. The van der Waals surface area contributed by atoms with E-state index < -0.39 is 5.91 Å². The third-order valence-electron chi connectivity index (χ3n) is 4.12. The topological polar surface area (TPSA) is 117 Å². The first-order valence-corrected chi connectivity index (χ1v) is 9.51. The van der Waals surface area contributed by atoms with E-state index in [9.17, 15) is 15.2 Å². The minimum absolute atomic E-state index is 0.140. The number of aromatic hydroxyl groups is 1. The summed E-state index contributed by atoms with van der Waals surface area (Å²) in [6.45, 7) is 0. The second kappa shape index (κ2) is 8.06. The minimum atomic E-state index is -0.633. The van der Waals surface area contributed by atoms with Crippen LogP contribution in [0.4, 0.5) is 5.13 Å². The van der Waals surface area contributed by atoms with E-state index in [1.165, 1.54) is 30.7 Å². The molecule has 8 nitrogen and oxygen atoms in total. The summed E-state index contributed by atoms with van der Waals surface area (Å²) >= 11 is 1.21. The van der Waals surface area contributed by atoms with Gasteiger partial charge in [0.25, 0.3) is 5.91 Å². The molecule has 0 aliphatic heterocycles. The number of hydrogen-bond acceptors (Lipinski definition) is 8. The summed E-state index contributed by atoms with van der Waals surface area (Å²) in [5.41, 5.74) is 0.677. The smallest absolute Gasteiger partial charge is 0.280 e. The lowest BCUT2D eigenvalue weighted by atomic mass is 10.2. The molecule has 2 heterocycles. The van der Waals surface area contributed by atoms with E-state index in [0.29, 0.717) is 27.7 Å². The number of para-hydroxylation sites is 1. The van der Waals surface area contributed by atoms with Crippen LogP contribution in [0.3, 0.4) is 0 Å². The molecule has 0 spiro atoms. The van der Waals surface area contributed by atoms with Gasteiger partial charge in [-0.1, -0.05) is 29.5 Å². The predicted molar refractivity (Wildman–Crippen MR) is 111 cm³/mol. The van der Waals surface area contributed by atoms with Crippen LogP contribution in [0.15, 0.2) is 54.7 Å². The summed E-state index contributed by atoms with van der Waals surface area (Å²) < 4.78 is 11.5. The number of aromatic nitrogens is 2. The van der Waals surface area contributed by atoms with Gasteiger partial charge in [0.05, 0.1) is 22.9 Å². The van der Waals surface area contributed by atoms with Gasteiger partial charge in [0, 0.05) is 18.3 Å². The highest BCUT2D eigenvalue weighted by Crippen LogP contribution is 2.35. The fourth-order valence-corrected chi connectivity index (χ4v) is 3.59. The first-order valence-electron chi connectivity index (χ1n) is 8.70. The maximum Gasteiger partial charge on any atom is 0.280 e. The van der Waals surface area contributed by atoms with E-state index in [-0.39, 0.29) is 17.2 Å². The van der Waals surface area contributed by atoms with Crippen molar-refractivity contribution in [2.75, 3.05) is 12.4 Å². The Morgan fingerprint density at radius 2 is 2.00 bits per heavy atom. The summed E-state index contributed by atoms with van der Waals surface area (Å²) in [4.78, 5) is 20.8. The van der Waals surface area contributed by atoms with Crippen LogP contribution in [0.1, 0.15) is 16.1 Å². The first kappa shape index (κ1) is 19.2. The number of methoxy groups -OCH3 is 1. The fourth-order valence-electron chi connectivity index (χ4n) is 2.72. The highest BCUT2D eigenvalue weighted by atomic mass is 32.1. The van der Waals surface area contributed by atoms with Crippen molar-refractivity contribution >= 4 is 32.6 Å². The molecule has 2 N–H and O–H groups in total. The molecule has 0 atom stereocenters. The van der Waals surface area contributed by atoms with Crippen LogP contribution in [0.25, 0.3) is 10.2 Å². The molecule has 4 rings (SSSR count). The minimum Gasteiger partial charge on any atom is -0.503 e. The number of carbonyl (C=O) groups excluding carboxylic acids is 1. The Hall–Kier alpha value is -4.16. The number of benzene rings is 2. The number of amides is 1. The maximum absolute atomic E-state index is 12.5. The number of thiazole rings is 1. The predicted octanol–water partition coefficient (Wildman–Crippen LogP) is 4.32. The number of pyridine rings is 1. The number of fused-ring (bicyclic) bond motifs is 1. The molecule has 2 aromatic carbocycles. The Morgan fingerprint density at radius 3 is 2.73 bits per heavy atom. The van der Waals surface area contributed by atoms with Gasteiger partial charge in [-0.05, 0) is 18.2 Å². The van der Waals surface area contributed by atoms with Crippen molar-refractivity contribution in [2.45, 2.75) is 0 Å². The lowest BCUT2D eigenvalue weighted by molar-refractivity contribution is 0.101. The second-order valence-electron chi connectivity index (χ2n) is 6.03. The molecule has 148 valence electrons. The quantitative estimate of drug-likeness (QED) is 0.495. The Morgan fingerprint density at radius 1 is 1.20 bits per heavy atom. The summed E-state index contributed by atoms with van der Waals surface area (Å²) in [5.74, 6) is 0.146. The van der Waals surface area contributed by atoms with Gasteiger partial charge in [-0.25, -0.2) is 9.97 Å². The molecule has 0 radical (unpaired) electrons. The zero-order chi connectivity index (χ0) is 21.1. The summed E-state index contributed by atoms with van der Waals surface area (Å²) in [7, 11) is 1.38. The molecular formula is C21H14N4O4S. The largest absolute Gasteiger partial charge is 0.503 e. The Labute approximate surface area is 175 Å². The lowest BCUT2D eigenvalue weighted by Gasteiger charge is -2.06. The van der Waals surface area contributed by atoms with Crippen LogP contribution in [0, 0.1) is 11.3 Å². The van der Waals surface area contributed by atoms with Gasteiger partial charge < -0.3 is 14.6 Å². The third kappa shape index (κ3) is 3.72. The Balaban J connectivity index is 1.64. The van der Waals surface area contributed by atoms with Crippen molar-refractivity contribution in [1.82, 2.24) is 9.97 Å². The standard InChI is InChI=1S/C21H14N4O4S/c1-28-15-7-8-23-18(19(15)26)20(27)25-21-24-14-9-12(11-22)16(10-17(14)30-21)29-13-5-3-2-4-6-13/h2-10,26H,1H3,(H,24,25,27). The zero-order valence-electron chi connectivity index (χ0n) is 15.6. The highest BCUT2D eigenvalue weighted by Gasteiger charge is 2.19. The fraction of sp³-hybridized carbons (Fsp3) is 0.0476. The molecule has 0 aliphatic rings. The molecule has 9 heteroatoms. The second-order valence-corrected chi connectivity index (χ2v) is 7.06. The van der Waals surface area contributed by atoms with Crippen molar-refractivity contribution in [3.8, 4) is 29.1 Å². The van der Waals surface area contributed by atoms with Gasteiger partial charge >= 0.3 is 0 Å². The highest BCUT2D eigenvalue weighted by molar-refractivity contribution is 7.22. The van der Waals surface area contributed by atoms with E-state index in [2.05, 4.69) is 21.4 Å². The van der Waals surface area contributed by atoms with Crippen molar-refractivity contribution in [1.29, 1.82) is 5.26 Å². The van der Waals surface area contributed by atoms with Gasteiger partial charge in [-0.2, -0.15) is 5.26 Å². The molecule has 1 amide bonds. The average Bonchev–Trinajstić information content (AvgIpc) is 3.14. The number of hydrogen-bond donors (Lipinski definition) is 2. The molecule has 4 aromatic rings. The maximum atomic E-state index is 12.5. The summed E-state index contributed by atoms with van der Waals surface area (Å²) in [6.07, 6.45) is 1.36. The van der Waals surface area contributed by atoms with Crippen LogP contribution in [0.5, 0.6) is 23.0 Å². The van der Waals surface area contributed by atoms with Gasteiger partial charge in [0.15, 0.2) is 22.3 Å². The summed E-state index contributed by atoms with van der Waals surface area (Å²) in [6, 6.07) is 16.0. The third-order valence-corrected chi connectivity index (χ3v) is 5.06.